The number of Topliss-reactive ketones (excluding diaryl/α,β-unsaturated/α-hetero) is 1. The highest BCUT2D eigenvalue weighted by Gasteiger charge is 2.23. The van der Waals surface area contributed by atoms with Crippen molar-refractivity contribution >= 4 is 17.3 Å². The zero-order valence-corrected chi connectivity index (χ0v) is 8.90. The Morgan fingerprint density at radius 3 is 2.44 bits per heavy atom. The topological polar surface area (TPSA) is 64.1 Å². The first-order chi connectivity index (χ1) is 7.50. The summed E-state index contributed by atoms with van der Waals surface area (Å²) in [6, 6.07) is 1.45. The maximum atomic E-state index is 11.5. The Labute approximate surface area is 92.0 Å². The Kier molecular flexibility index (Phi) is 2.27. The number of nitrogens with zero attached hydrogens (tertiary/aromatic N) is 1. The van der Waals surface area contributed by atoms with Crippen molar-refractivity contribution in [3.8, 4) is 0 Å². The van der Waals surface area contributed by atoms with Gasteiger partial charge < -0.3 is 0 Å². The van der Waals surface area contributed by atoms with Gasteiger partial charge in [-0.15, -0.1) is 0 Å². The second-order valence-corrected chi connectivity index (χ2v) is 3.64. The van der Waals surface area contributed by atoms with Gasteiger partial charge in [-0.05, 0) is 32.1 Å². The molecule has 0 atom stereocenters. The molecule has 4 nitrogen and oxygen atoms in total. The second kappa shape index (κ2) is 3.48. The van der Waals surface area contributed by atoms with Crippen LogP contribution in [0, 0.1) is 6.92 Å². The Balaban J connectivity index is 2.72. The van der Waals surface area contributed by atoms with E-state index in [0.717, 1.165) is 0 Å². The zero-order chi connectivity index (χ0) is 11.9. The van der Waals surface area contributed by atoms with Gasteiger partial charge in [-0.2, -0.15) is 0 Å². The quantitative estimate of drug-likeness (QED) is 0.666. The molecule has 0 saturated carbocycles. The lowest BCUT2D eigenvalue weighted by Crippen LogP contribution is -2.16. The van der Waals surface area contributed by atoms with Crippen LogP contribution in [0.4, 0.5) is 0 Å². The summed E-state index contributed by atoms with van der Waals surface area (Å²) in [5.41, 5.74) is 1.20. The van der Waals surface area contributed by atoms with Gasteiger partial charge in [-0.3, -0.25) is 14.4 Å². The lowest BCUT2D eigenvalue weighted by atomic mass is 9.96. The predicted molar refractivity (Wildman–Crippen MR) is 56.8 cm³/mol. The third-order valence-corrected chi connectivity index (χ3v) is 2.48. The number of aromatic nitrogens is 1. The van der Waals surface area contributed by atoms with Crippen LogP contribution < -0.4 is 0 Å². The van der Waals surface area contributed by atoms with Gasteiger partial charge in [0.2, 0.25) is 5.78 Å². The number of aryl methyl sites for hydroxylation is 1. The van der Waals surface area contributed by atoms with E-state index in [9.17, 15) is 14.4 Å². The van der Waals surface area contributed by atoms with Crippen molar-refractivity contribution in [3.63, 3.8) is 0 Å². The van der Waals surface area contributed by atoms with Crippen molar-refractivity contribution in [1.29, 1.82) is 0 Å². The fourth-order valence-corrected chi connectivity index (χ4v) is 1.66. The second-order valence-electron chi connectivity index (χ2n) is 3.64. The van der Waals surface area contributed by atoms with E-state index in [4.69, 9.17) is 0 Å². The smallest absolute Gasteiger partial charge is 0.205 e. The minimum atomic E-state index is -0.298. The lowest BCUT2D eigenvalue weighted by Gasteiger charge is -2.11. The van der Waals surface area contributed by atoms with Gasteiger partial charge in [0.1, 0.15) is 5.69 Å². The van der Waals surface area contributed by atoms with E-state index in [-0.39, 0.29) is 28.6 Å². The molecule has 0 saturated heterocycles. The molecule has 0 radical (unpaired) electrons. The summed E-state index contributed by atoms with van der Waals surface area (Å²) < 4.78 is 0. The van der Waals surface area contributed by atoms with Gasteiger partial charge in [0.15, 0.2) is 11.6 Å². The normalized spacial score (nSPS) is 13.9. The van der Waals surface area contributed by atoms with Crippen LogP contribution in [-0.4, -0.2) is 22.3 Å². The molecule has 80 valence electrons. The highest BCUT2D eigenvalue weighted by Crippen LogP contribution is 2.18. The first kappa shape index (κ1) is 10.4. The maximum Gasteiger partial charge on any atom is 0.205 e. The molecule has 1 aromatic heterocycles. The number of rotatable bonds is 1. The van der Waals surface area contributed by atoms with Crippen LogP contribution in [-0.2, 0) is 0 Å². The van der Waals surface area contributed by atoms with Crippen LogP contribution in [0.3, 0.4) is 0 Å². The summed E-state index contributed by atoms with van der Waals surface area (Å²) >= 11 is 0. The molecule has 0 aromatic carbocycles. The summed E-state index contributed by atoms with van der Waals surface area (Å²) in [6.45, 7) is 3.05. The van der Waals surface area contributed by atoms with Crippen molar-refractivity contribution in [2.75, 3.05) is 0 Å². The summed E-state index contributed by atoms with van der Waals surface area (Å²) in [6.07, 6.45) is 2.40. The molecule has 0 aliphatic heterocycles. The van der Waals surface area contributed by atoms with Crippen LogP contribution in [0.5, 0.6) is 0 Å². The van der Waals surface area contributed by atoms with Crippen LogP contribution in [0.1, 0.15) is 43.8 Å². The van der Waals surface area contributed by atoms with Crippen LogP contribution >= 0.6 is 0 Å². The van der Waals surface area contributed by atoms with Gasteiger partial charge in [-0.25, -0.2) is 4.98 Å². The minimum Gasteiger partial charge on any atom is -0.294 e. The molecule has 1 aliphatic carbocycles. The first-order valence-electron chi connectivity index (χ1n) is 4.80. The number of hydrogen-bond acceptors (Lipinski definition) is 4. The van der Waals surface area contributed by atoms with E-state index in [1.807, 2.05) is 0 Å². The van der Waals surface area contributed by atoms with Gasteiger partial charge in [-0.1, -0.05) is 0 Å². The van der Waals surface area contributed by atoms with E-state index >= 15 is 0 Å². The SMILES string of the molecule is CC(=O)c1cc2c(nc1C)C(=O)C=CC2=O. The number of pyridine rings is 1. The van der Waals surface area contributed by atoms with Crippen LogP contribution in [0.25, 0.3) is 0 Å². The van der Waals surface area contributed by atoms with E-state index in [1.54, 1.807) is 6.92 Å². The fraction of sp³-hybridized carbons (Fsp3) is 0.167. The average molecular weight is 215 g/mol. The third kappa shape index (κ3) is 1.48. The van der Waals surface area contributed by atoms with Crippen LogP contribution in [0.15, 0.2) is 18.2 Å². The fourth-order valence-electron chi connectivity index (χ4n) is 1.66. The Bertz CT molecular complexity index is 556. The maximum absolute atomic E-state index is 11.5. The molecule has 1 heterocycles. The van der Waals surface area contributed by atoms with Gasteiger partial charge in [0, 0.05) is 11.3 Å². The van der Waals surface area contributed by atoms with Crippen molar-refractivity contribution in [2.45, 2.75) is 13.8 Å². The summed E-state index contributed by atoms with van der Waals surface area (Å²) in [7, 11) is 0. The zero-order valence-electron chi connectivity index (χ0n) is 8.90. The average Bonchev–Trinajstić information content (AvgIpc) is 2.23. The molecule has 0 spiro atoms. The molecule has 0 N–H and O–H groups in total. The highest BCUT2D eigenvalue weighted by molar-refractivity contribution is 6.21. The molecular weight excluding hydrogens is 206 g/mol. The van der Waals surface area contributed by atoms with Gasteiger partial charge in [0.05, 0.1) is 5.56 Å². The molecule has 0 bridgehead atoms. The van der Waals surface area contributed by atoms with Crippen LogP contribution in [0.2, 0.25) is 0 Å². The summed E-state index contributed by atoms with van der Waals surface area (Å²) in [4.78, 5) is 38.3. The van der Waals surface area contributed by atoms with Gasteiger partial charge in [0.25, 0.3) is 0 Å². The van der Waals surface area contributed by atoms with E-state index in [2.05, 4.69) is 4.98 Å². The summed E-state index contributed by atoms with van der Waals surface area (Å²) in [5.74, 6) is -0.750. The number of allylic oxidation sites excluding steroid dienone is 2. The predicted octanol–water partition coefficient (Wildman–Crippen LogP) is 1.53. The van der Waals surface area contributed by atoms with Crippen molar-refractivity contribution in [1.82, 2.24) is 4.98 Å². The Hall–Kier alpha value is -2.10. The lowest BCUT2D eigenvalue weighted by molar-refractivity contribution is 0.0987. The van der Waals surface area contributed by atoms with Crippen molar-refractivity contribution < 1.29 is 14.4 Å². The number of carbonyl (C=O) groups is 3. The van der Waals surface area contributed by atoms with E-state index in [1.165, 1.54) is 25.1 Å². The molecule has 1 aliphatic rings. The third-order valence-electron chi connectivity index (χ3n) is 2.48. The Morgan fingerprint density at radius 1 is 1.19 bits per heavy atom. The molecular formula is C12H9NO3. The van der Waals surface area contributed by atoms with Crippen molar-refractivity contribution in [2.24, 2.45) is 0 Å². The number of hydrogen-bond donors (Lipinski definition) is 0. The van der Waals surface area contributed by atoms with Gasteiger partial charge >= 0.3 is 0 Å². The van der Waals surface area contributed by atoms with Crippen molar-refractivity contribution in [3.05, 3.63) is 40.7 Å². The monoisotopic (exact) mass is 215 g/mol. The number of ketones is 3. The first-order valence-corrected chi connectivity index (χ1v) is 4.80. The number of carbonyl (C=O) groups excluding carboxylic acids is 3. The van der Waals surface area contributed by atoms with E-state index < -0.39 is 0 Å². The van der Waals surface area contributed by atoms with E-state index in [0.29, 0.717) is 11.3 Å². The number of fused-ring (bicyclic) bond motifs is 1. The molecule has 2 rings (SSSR count). The Morgan fingerprint density at radius 2 is 1.81 bits per heavy atom. The minimum absolute atomic E-state index is 0.134. The standard InChI is InChI=1S/C12H9NO3/c1-6-8(7(2)14)5-9-10(15)3-4-11(16)12(9)13-6/h3-5H,1-2H3. The molecule has 0 amide bonds. The summed E-state index contributed by atoms with van der Waals surface area (Å²) in [5, 5.41) is 0. The highest BCUT2D eigenvalue weighted by atomic mass is 16.1. The molecule has 4 heteroatoms. The molecule has 1 aromatic rings. The molecule has 16 heavy (non-hydrogen) atoms. The largest absolute Gasteiger partial charge is 0.294 e. The molecule has 0 fully saturated rings. The molecule has 0 unspecified atom stereocenters.